The van der Waals surface area contributed by atoms with Gasteiger partial charge in [0, 0.05) is 29.4 Å². The zero-order chi connectivity index (χ0) is 24.9. The first-order valence-corrected chi connectivity index (χ1v) is 11.8. The van der Waals surface area contributed by atoms with Gasteiger partial charge in [-0.15, -0.1) is 0 Å². The SMILES string of the molecule is CCOc1ccc(C(OCC)c2cc([C@]3(OCC)O[C@H](CO)[C@@H](O)[C@H](O)[C@H]3O)ccc2Cl)cc1. The molecule has 8 nitrogen and oxygen atoms in total. The molecule has 1 aliphatic rings. The third kappa shape index (κ3) is 5.24. The Morgan fingerprint density at radius 1 is 0.971 bits per heavy atom. The van der Waals surface area contributed by atoms with Crippen LogP contribution in [0.1, 0.15) is 43.6 Å². The van der Waals surface area contributed by atoms with Crippen LogP contribution in [0, 0.1) is 0 Å². The van der Waals surface area contributed by atoms with Crippen molar-refractivity contribution in [3.63, 3.8) is 0 Å². The van der Waals surface area contributed by atoms with Gasteiger partial charge in [-0.2, -0.15) is 0 Å². The number of hydrogen-bond acceptors (Lipinski definition) is 8. The van der Waals surface area contributed by atoms with Gasteiger partial charge >= 0.3 is 0 Å². The van der Waals surface area contributed by atoms with E-state index in [9.17, 15) is 20.4 Å². The van der Waals surface area contributed by atoms with E-state index in [1.54, 1.807) is 25.1 Å². The summed E-state index contributed by atoms with van der Waals surface area (Å²) < 4.78 is 23.3. The summed E-state index contributed by atoms with van der Waals surface area (Å²) in [6, 6.07) is 12.4. The summed E-state index contributed by atoms with van der Waals surface area (Å²) in [4.78, 5) is 0. The van der Waals surface area contributed by atoms with E-state index >= 15 is 0 Å². The molecule has 1 fully saturated rings. The van der Waals surface area contributed by atoms with Crippen LogP contribution in [0.3, 0.4) is 0 Å². The van der Waals surface area contributed by atoms with Gasteiger partial charge in [0.2, 0.25) is 5.79 Å². The molecule has 0 aromatic heterocycles. The zero-order valence-corrected chi connectivity index (χ0v) is 20.3. The van der Waals surface area contributed by atoms with E-state index in [0.717, 1.165) is 11.3 Å². The summed E-state index contributed by atoms with van der Waals surface area (Å²) in [7, 11) is 0. The fraction of sp³-hybridized carbons (Fsp3) is 0.520. The standard InChI is InChI=1S/C25H33ClO8/c1-4-31-17-10-7-15(8-11-17)23(32-5-2)18-13-16(9-12-19(18)26)25(33-6-3)24(30)22(29)21(28)20(14-27)34-25/h7-13,20-24,27-30H,4-6,14H2,1-3H3/t20-,21-,22+,23?,24-,25+/m1/s1. The Balaban J connectivity index is 2.09. The highest BCUT2D eigenvalue weighted by Crippen LogP contribution is 2.42. The summed E-state index contributed by atoms with van der Waals surface area (Å²) in [6.07, 6.45) is -6.43. The van der Waals surface area contributed by atoms with Gasteiger partial charge in [0.25, 0.3) is 0 Å². The second-order valence-electron chi connectivity index (χ2n) is 7.94. The molecular formula is C25H33ClO8. The van der Waals surface area contributed by atoms with Gasteiger partial charge in [0.15, 0.2) is 0 Å². The lowest BCUT2D eigenvalue weighted by molar-refractivity contribution is -0.372. The highest BCUT2D eigenvalue weighted by Gasteiger charge is 2.55. The molecule has 0 saturated carbocycles. The zero-order valence-electron chi connectivity index (χ0n) is 19.6. The molecule has 0 bridgehead atoms. The maximum absolute atomic E-state index is 10.9. The van der Waals surface area contributed by atoms with Crippen molar-refractivity contribution in [2.75, 3.05) is 26.4 Å². The average molecular weight is 497 g/mol. The van der Waals surface area contributed by atoms with Crippen molar-refractivity contribution in [2.24, 2.45) is 0 Å². The van der Waals surface area contributed by atoms with Crippen molar-refractivity contribution >= 4 is 11.6 Å². The second-order valence-corrected chi connectivity index (χ2v) is 8.35. The molecule has 2 aromatic carbocycles. The normalized spacial score (nSPS) is 28.0. The maximum Gasteiger partial charge on any atom is 0.225 e. The summed E-state index contributed by atoms with van der Waals surface area (Å²) in [5.74, 6) is -1.10. The van der Waals surface area contributed by atoms with E-state index < -0.39 is 42.9 Å². The number of benzene rings is 2. The van der Waals surface area contributed by atoms with Crippen molar-refractivity contribution in [3.05, 3.63) is 64.2 Å². The van der Waals surface area contributed by atoms with E-state index in [0.29, 0.717) is 29.4 Å². The molecule has 1 aliphatic heterocycles. The highest BCUT2D eigenvalue weighted by atomic mass is 35.5. The Morgan fingerprint density at radius 2 is 1.68 bits per heavy atom. The van der Waals surface area contributed by atoms with Crippen molar-refractivity contribution in [2.45, 2.75) is 57.1 Å². The quantitative estimate of drug-likeness (QED) is 0.396. The maximum atomic E-state index is 10.9. The number of aliphatic hydroxyl groups excluding tert-OH is 4. The minimum absolute atomic E-state index is 0.129. The van der Waals surface area contributed by atoms with E-state index in [1.165, 1.54) is 0 Å². The second kappa shape index (κ2) is 11.8. The lowest BCUT2D eigenvalue weighted by atomic mass is 9.86. The van der Waals surface area contributed by atoms with Crippen LogP contribution in [0.2, 0.25) is 5.02 Å². The molecule has 0 spiro atoms. The largest absolute Gasteiger partial charge is 0.494 e. The van der Waals surface area contributed by atoms with E-state index in [2.05, 4.69) is 0 Å². The Labute approximate surface area is 204 Å². The minimum atomic E-state index is -1.84. The first-order valence-electron chi connectivity index (χ1n) is 11.4. The summed E-state index contributed by atoms with van der Waals surface area (Å²) in [5, 5.41) is 41.8. The lowest BCUT2D eigenvalue weighted by Gasteiger charge is -2.48. The predicted octanol–water partition coefficient (Wildman–Crippen LogP) is 2.53. The Hall–Kier alpha value is -1.75. The number of ether oxygens (including phenoxy) is 4. The summed E-state index contributed by atoms with van der Waals surface area (Å²) in [5.41, 5.74) is 1.80. The molecule has 188 valence electrons. The van der Waals surface area contributed by atoms with Crippen LogP contribution in [0.15, 0.2) is 42.5 Å². The van der Waals surface area contributed by atoms with Crippen molar-refractivity contribution in [3.8, 4) is 5.75 Å². The molecule has 4 N–H and O–H groups in total. The molecule has 1 unspecified atom stereocenters. The van der Waals surface area contributed by atoms with Gasteiger partial charge in [0.05, 0.1) is 13.2 Å². The first-order chi connectivity index (χ1) is 16.3. The van der Waals surface area contributed by atoms with Gasteiger partial charge in [-0.25, -0.2) is 0 Å². The summed E-state index contributed by atoms with van der Waals surface area (Å²) >= 11 is 6.58. The topological polar surface area (TPSA) is 118 Å². The molecule has 0 aliphatic carbocycles. The van der Waals surface area contributed by atoms with Crippen molar-refractivity contribution in [1.29, 1.82) is 0 Å². The third-order valence-electron chi connectivity index (χ3n) is 5.82. The van der Waals surface area contributed by atoms with Crippen LogP contribution >= 0.6 is 11.6 Å². The van der Waals surface area contributed by atoms with Crippen molar-refractivity contribution < 1.29 is 39.4 Å². The van der Waals surface area contributed by atoms with Crippen molar-refractivity contribution in [1.82, 2.24) is 0 Å². The molecule has 0 amide bonds. The van der Waals surface area contributed by atoms with E-state index in [4.69, 9.17) is 30.5 Å². The number of aliphatic hydroxyl groups is 4. The monoisotopic (exact) mass is 496 g/mol. The number of hydrogen-bond donors (Lipinski definition) is 4. The van der Waals surface area contributed by atoms with E-state index in [1.807, 2.05) is 38.1 Å². The average Bonchev–Trinajstić information content (AvgIpc) is 2.84. The van der Waals surface area contributed by atoms with Crippen LogP contribution in [-0.2, 0) is 20.0 Å². The van der Waals surface area contributed by atoms with Gasteiger partial charge in [0.1, 0.15) is 36.3 Å². The molecular weight excluding hydrogens is 464 g/mol. The molecule has 6 atom stereocenters. The fourth-order valence-corrected chi connectivity index (χ4v) is 4.41. The fourth-order valence-electron chi connectivity index (χ4n) is 4.20. The van der Waals surface area contributed by atoms with Crippen LogP contribution in [-0.4, -0.2) is 71.3 Å². The van der Waals surface area contributed by atoms with Gasteiger partial charge in [-0.3, -0.25) is 0 Å². The van der Waals surface area contributed by atoms with Gasteiger partial charge in [-0.05, 0) is 50.6 Å². The summed E-state index contributed by atoms with van der Waals surface area (Å²) in [6.45, 7) is 6.01. The van der Waals surface area contributed by atoms with Crippen LogP contribution < -0.4 is 4.74 Å². The predicted molar refractivity (Wildman–Crippen MR) is 126 cm³/mol. The number of halogens is 1. The Bertz CT molecular complexity index is 922. The Kier molecular flexibility index (Phi) is 9.31. The molecule has 9 heteroatoms. The van der Waals surface area contributed by atoms with Crippen LogP contribution in [0.25, 0.3) is 0 Å². The molecule has 34 heavy (non-hydrogen) atoms. The molecule has 1 saturated heterocycles. The first kappa shape index (κ1) is 26.8. The number of rotatable bonds is 10. The van der Waals surface area contributed by atoms with Crippen LogP contribution in [0.5, 0.6) is 5.75 Å². The molecule has 0 radical (unpaired) electrons. The van der Waals surface area contributed by atoms with E-state index in [-0.39, 0.29) is 6.61 Å². The highest BCUT2D eigenvalue weighted by molar-refractivity contribution is 6.31. The Morgan fingerprint density at radius 3 is 2.26 bits per heavy atom. The third-order valence-corrected chi connectivity index (χ3v) is 6.16. The van der Waals surface area contributed by atoms with Gasteiger partial charge in [-0.1, -0.05) is 29.8 Å². The molecule has 3 rings (SSSR count). The van der Waals surface area contributed by atoms with Crippen LogP contribution in [0.4, 0.5) is 0 Å². The minimum Gasteiger partial charge on any atom is -0.494 e. The smallest absolute Gasteiger partial charge is 0.225 e. The van der Waals surface area contributed by atoms with Gasteiger partial charge < -0.3 is 39.4 Å². The molecule has 2 aromatic rings. The molecule has 1 heterocycles. The lowest BCUT2D eigenvalue weighted by Crippen LogP contribution is -2.64.